The summed E-state index contributed by atoms with van der Waals surface area (Å²) in [5, 5.41) is 15.8. The van der Waals surface area contributed by atoms with E-state index in [4.69, 9.17) is 9.47 Å². The van der Waals surface area contributed by atoms with Crippen molar-refractivity contribution in [2.24, 2.45) is 10.4 Å². The highest BCUT2D eigenvalue weighted by Crippen LogP contribution is 2.31. The Kier molecular flexibility index (Phi) is 7.34. The third kappa shape index (κ3) is 5.69. The van der Waals surface area contributed by atoms with Crippen LogP contribution in [0.25, 0.3) is 0 Å². The minimum atomic E-state index is 0.00473. The summed E-state index contributed by atoms with van der Waals surface area (Å²) in [6.07, 6.45) is 1.71. The molecule has 1 aromatic rings. The maximum atomic E-state index is 9.27. The second-order valence-electron chi connectivity index (χ2n) is 6.29. The van der Waals surface area contributed by atoms with Crippen molar-refractivity contribution in [3.63, 3.8) is 0 Å². The largest absolute Gasteiger partial charge is 0.492 e. The molecule has 1 aromatic carbocycles. The van der Waals surface area contributed by atoms with E-state index in [0.717, 1.165) is 37.7 Å². The Bertz CT molecular complexity index is 511. The fourth-order valence-corrected chi connectivity index (χ4v) is 2.78. The van der Waals surface area contributed by atoms with Crippen LogP contribution in [-0.4, -0.2) is 57.6 Å². The van der Waals surface area contributed by atoms with Crippen molar-refractivity contribution in [1.29, 1.82) is 0 Å². The lowest BCUT2D eigenvalue weighted by Gasteiger charge is -2.27. The molecular formula is C18H29N3O3. The molecule has 0 saturated carbocycles. The number of guanidine groups is 1. The van der Waals surface area contributed by atoms with Gasteiger partial charge in [-0.25, -0.2) is 0 Å². The first-order chi connectivity index (χ1) is 11.7. The van der Waals surface area contributed by atoms with E-state index < -0.39 is 0 Å². The lowest BCUT2D eigenvalue weighted by Crippen LogP contribution is -2.45. The Morgan fingerprint density at radius 2 is 2.12 bits per heavy atom. The Balaban J connectivity index is 1.69. The first-order valence-corrected chi connectivity index (χ1v) is 8.50. The zero-order chi connectivity index (χ0) is 17.3. The number of rotatable bonds is 8. The van der Waals surface area contributed by atoms with Crippen LogP contribution in [0.1, 0.15) is 18.4 Å². The van der Waals surface area contributed by atoms with Gasteiger partial charge in [0.15, 0.2) is 5.96 Å². The highest BCUT2D eigenvalue weighted by molar-refractivity contribution is 5.79. The minimum Gasteiger partial charge on any atom is -0.492 e. The second-order valence-corrected chi connectivity index (χ2v) is 6.29. The number of ether oxygens (including phenoxy) is 2. The number of benzene rings is 1. The van der Waals surface area contributed by atoms with E-state index in [9.17, 15) is 5.11 Å². The van der Waals surface area contributed by atoms with Crippen LogP contribution in [0.4, 0.5) is 0 Å². The van der Waals surface area contributed by atoms with Crippen molar-refractivity contribution in [3.8, 4) is 5.75 Å². The highest BCUT2D eigenvalue weighted by atomic mass is 16.5. The van der Waals surface area contributed by atoms with Crippen LogP contribution in [-0.2, 0) is 4.74 Å². The average Bonchev–Trinajstić information content (AvgIpc) is 3.05. The number of nitrogens with zero attached hydrogens (tertiary/aromatic N) is 1. The summed E-state index contributed by atoms with van der Waals surface area (Å²) in [6.45, 7) is 5.66. The van der Waals surface area contributed by atoms with Gasteiger partial charge in [-0.15, -0.1) is 0 Å². The SMILES string of the molecule is CN=C(NCCOc1ccc(C)cc1)NCC1(CCO)CCOC1. The fourth-order valence-electron chi connectivity index (χ4n) is 2.78. The molecule has 1 aliphatic rings. The third-order valence-electron chi connectivity index (χ3n) is 4.37. The van der Waals surface area contributed by atoms with Crippen LogP contribution in [0, 0.1) is 12.3 Å². The van der Waals surface area contributed by atoms with Gasteiger partial charge < -0.3 is 25.2 Å². The molecule has 0 amide bonds. The molecule has 6 nitrogen and oxygen atoms in total. The molecule has 24 heavy (non-hydrogen) atoms. The number of aliphatic hydroxyl groups is 1. The van der Waals surface area contributed by atoms with Gasteiger partial charge in [0.1, 0.15) is 12.4 Å². The van der Waals surface area contributed by atoms with E-state index >= 15 is 0 Å². The Morgan fingerprint density at radius 3 is 2.75 bits per heavy atom. The van der Waals surface area contributed by atoms with Gasteiger partial charge in [-0.05, 0) is 31.9 Å². The van der Waals surface area contributed by atoms with Gasteiger partial charge in [-0.2, -0.15) is 0 Å². The van der Waals surface area contributed by atoms with Gasteiger partial charge in [0.2, 0.25) is 0 Å². The molecule has 2 rings (SSSR count). The van der Waals surface area contributed by atoms with E-state index in [1.54, 1.807) is 7.05 Å². The normalized spacial score (nSPS) is 20.9. The van der Waals surface area contributed by atoms with Crippen LogP contribution in [0.15, 0.2) is 29.3 Å². The molecule has 1 aliphatic heterocycles. The molecule has 134 valence electrons. The standard InChI is InChI=1S/C18H29N3O3/c1-15-3-5-16(6-4-15)24-12-9-20-17(19-2)21-13-18(7-10-22)8-11-23-14-18/h3-6,22H,7-14H2,1-2H3,(H2,19,20,21). The van der Waals surface area contributed by atoms with Gasteiger partial charge in [0.25, 0.3) is 0 Å². The first-order valence-electron chi connectivity index (χ1n) is 8.50. The van der Waals surface area contributed by atoms with E-state index in [-0.39, 0.29) is 12.0 Å². The Labute approximate surface area is 144 Å². The second kappa shape index (κ2) is 9.49. The van der Waals surface area contributed by atoms with Gasteiger partial charge in [-0.1, -0.05) is 17.7 Å². The third-order valence-corrected chi connectivity index (χ3v) is 4.37. The summed E-state index contributed by atoms with van der Waals surface area (Å²) < 4.78 is 11.2. The number of aliphatic hydroxyl groups excluding tert-OH is 1. The zero-order valence-corrected chi connectivity index (χ0v) is 14.7. The molecule has 1 heterocycles. The molecule has 0 aromatic heterocycles. The van der Waals surface area contributed by atoms with Crippen LogP contribution >= 0.6 is 0 Å². The Morgan fingerprint density at radius 1 is 1.33 bits per heavy atom. The molecule has 1 unspecified atom stereocenters. The molecule has 0 aliphatic carbocycles. The smallest absolute Gasteiger partial charge is 0.191 e. The predicted octanol–water partition coefficient (Wildman–Crippen LogP) is 1.33. The molecule has 1 atom stereocenters. The first kappa shape index (κ1) is 18.5. The predicted molar refractivity (Wildman–Crippen MR) is 95.6 cm³/mol. The summed E-state index contributed by atoms with van der Waals surface area (Å²) in [5.41, 5.74) is 1.22. The van der Waals surface area contributed by atoms with Crippen LogP contribution < -0.4 is 15.4 Å². The maximum absolute atomic E-state index is 9.27. The summed E-state index contributed by atoms with van der Waals surface area (Å²) in [4.78, 5) is 4.23. The van der Waals surface area contributed by atoms with Crippen molar-refractivity contribution in [3.05, 3.63) is 29.8 Å². The monoisotopic (exact) mass is 335 g/mol. The summed E-state index contributed by atoms with van der Waals surface area (Å²) in [6, 6.07) is 8.02. The summed E-state index contributed by atoms with van der Waals surface area (Å²) in [5.74, 6) is 1.61. The number of hydrogen-bond donors (Lipinski definition) is 3. The average molecular weight is 335 g/mol. The minimum absolute atomic E-state index is 0.00473. The fraction of sp³-hybridized carbons (Fsp3) is 0.611. The number of aliphatic imine (C=N–C) groups is 1. The number of nitrogens with one attached hydrogen (secondary N) is 2. The van der Waals surface area contributed by atoms with Crippen LogP contribution in [0.3, 0.4) is 0 Å². The van der Waals surface area contributed by atoms with E-state index in [1.807, 2.05) is 24.3 Å². The lowest BCUT2D eigenvalue weighted by atomic mass is 9.84. The molecule has 3 N–H and O–H groups in total. The summed E-state index contributed by atoms with van der Waals surface area (Å²) >= 11 is 0. The number of hydrogen-bond acceptors (Lipinski definition) is 4. The molecule has 1 fully saturated rings. The van der Waals surface area contributed by atoms with Crippen molar-refractivity contribution < 1.29 is 14.6 Å². The lowest BCUT2D eigenvalue weighted by molar-refractivity contribution is 0.127. The van der Waals surface area contributed by atoms with Crippen molar-refractivity contribution in [2.45, 2.75) is 19.8 Å². The number of aryl methyl sites for hydroxylation is 1. The van der Waals surface area contributed by atoms with Crippen molar-refractivity contribution in [2.75, 3.05) is 46.6 Å². The zero-order valence-electron chi connectivity index (χ0n) is 14.7. The maximum Gasteiger partial charge on any atom is 0.191 e. The van der Waals surface area contributed by atoms with Crippen LogP contribution in [0.2, 0.25) is 0 Å². The van der Waals surface area contributed by atoms with Crippen LogP contribution in [0.5, 0.6) is 5.75 Å². The molecule has 1 saturated heterocycles. The van der Waals surface area contributed by atoms with Gasteiger partial charge in [0.05, 0.1) is 13.2 Å². The topological polar surface area (TPSA) is 75.1 Å². The van der Waals surface area contributed by atoms with Crippen molar-refractivity contribution in [1.82, 2.24) is 10.6 Å². The van der Waals surface area contributed by atoms with Gasteiger partial charge in [0, 0.05) is 32.2 Å². The van der Waals surface area contributed by atoms with Crippen molar-refractivity contribution >= 4 is 5.96 Å². The molecule has 0 spiro atoms. The molecule has 0 bridgehead atoms. The molecular weight excluding hydrogens is 306 g/mol. The van der Waals surface area contributed by atoms with E-state index in [2.05, 4.69) is 22.5 Å². The Hall–Kier alpha value is -1.79. The summed E-state index contributed by atoms with van der Waals surface area (Å²) in [7, 11) is 1.75. The molecule has 6 heteroatoms. The van der Waals surface area contributed by atoms with E-state index in [0.29, 0.717) is 19.8 Å². The molecule has 0 radical (unpaired) electrons. The van der Waals surface area contributed by atoms with Gasteiger partial charge >= 0.3 is 0 Å². The van der Waals surface area contributed by atoms with Gasteiger partial charge in [-0.3, -0.25) is 4.99 Å². The quantitative estimate of drug-likeness (QED) is 0.380. The van der Waals surface area contributed by atoms with E-state index in [1.165, 1.54) is 5.56 Å². The highest BCUT2D eigenvalue weighted by Gasteiger charge is 2.34.